The van der Waals surface area contributed by atoms with Crippen LogP contribution in [0.15, 0.2) is 0 Å². The summed E-state index contributed by atoms with van der Waals surface area (Å²) in [5.74, 6) is 1.38. The van der Waals surface area contributed by atoms with Crippen LogP contribution in [-0.4, -0.2) is 28.1 Å². The zero-order valence-electron chi connectivity index (χ0n) is 9.24. The van der Waals surface area contributed by atoms with Gasteiger partial charge in [-0.3, -0.25) is 0 Å². The van der Waals surface area contributed by atoms with Crippen molar-refractivity contribution >= 4 is 17.5 Å². The van der Waals surface area contributed by atoms with Crippen molar-refractivity contribution in [2.75, 3.05) is 18.5 Å². The molecular weight excluding hydrogens is 228 g/mol. The Hall–Kier alpha value is -1.10. The lowest BCUT2D eigenvalue weighted by molar-refractivity contribution is 0.312. The highest BCUT2D eigenvalue weighted by Crippen LogP contribution is 2.31. The number of rotatable bonds is 6. The Morgan fingerprint density at radius 1 is 1.38 bits per heavy atom. The van der Waals surface area contributed by atoms with Crippen LogP contribution >= 0.6 is 11.6 Å². The largest absolute Gasteiger partial charge is 0.464 e. The maximum absolute atomic E-state index is 5.76. The molecule has 1 aromatic heterocycles. The van der Waals surface area contributed by atoms with Gasteiger partial charge < -0.3 is 10.1 Å². The monoisotopic (exact) mass is 242 g/mol. The third-order valence-electron chi connectivity index (χ3n) is 2.39. The van der Waals surface area contributed by atoms with Gasteiger partial charge in [-0.25, -0.2) is 0 Å². The molecule has 5 nitrogen and oxygen atoms in total. The molecule has 0 radical (unpaired) electrons. The molecule has 0 saturated heterocycles. The summed E-state index contributed by atoms with van der Waals surface area (Å²) >= 11 is 5.76. The normalized spacial score (nSPS) is 14.9. The fourth-order valence-electron chi connectivity index (χ4n) is 1.40. The molecule has 0 amide bonds. The Morgan fingerprint density at radius 2 is 2.19 bits per heavy atom. The van der Waals surface area contributed by atoms with E-state index in [0.29, 0.717) is 12.6 Å². The smallest absolute Gasteiger partial charge is 0.322 e. The van der Waals surface area contributed by atoms with Gasteiger partial charge in [0.15, 0.2) is 0 Å². The van der Waals surface area contributed by atoms with Crippen molar-refractivity contribution in [1.82, 2.24) is 15.0 Å². The van der Waals surface area contributed by atoms with Crippen LogP contribution in [0.1, 0.15) is 26.2 Å². The molecule has 1 aromatic rings. The predicted octanol–water partition coefficient (Wildman–Crippen LogP) is 2.14. The average Bonchev–Trinajstić information content (AvgIpc) is 3.01. The Morgan fingerprint density at radius 3 is 2.88 bits per heavy atom. The Balaban J connectivity index is 1.90. The molecule has 0 atom stereocenters. The van der Waals surface area contributed by atoms with Crippen molar-refractivity contribution in [2.24, 2.45) is 5.92 Å². The lowest BCUT2D eigenvalue weighted by Gasteiger charge is -2.06. The van der Waals surface area contributed by atoms with Crippen molar-refractivity contribution in [2.45, 2.75) is 26.2 Å². The maximum atomic E-state index is 5.76. The number of anilines is 1. The molecule has 0 aliphatic heterocycles. The molecule has 1 fully saturated rings. The van der Waals surface area contributed by atoms with Gasteiger partial charge in [0.2, 0.25) is 11.2 Å². The summed E-state index contributed by atoms with van der Waals surface area (Å²) < 4.78 is 5.18. The first-order valence-electron chi connectivity index (χ1n) is 5.56. The standard InChI is InChI=1S/C10H15ClN4O/c1-2-16-10-14-8(11)13-9(15-10)12-6-5-7-3-4-7/h7H,2-6H2,1H3,(H,12,13,14,15). The molecule has 1 saturated carbocycles. The lowest BCUT2D eigenvalue weighted by atomic mass is 10.3. The van der Waals surface area contributed by atoms with Crippen LogP contribution in [0.3, 0.4) is 0 Å². The fraction of sp³-hybridized carbons (Fsp3) is 0.700. The summed E-state index contributed by atoms with van der Waals surface area (Å²) in [6, 6.07) is 0.274. The number of hydrogen-bond acceptors (Lipinski definition) is 5. The second-order valence-electron chi connectivity index (χ2n) is 3.80. The van der Waals surface area contributed by atoms with Crippen molar-refractivity contribution in [3.8, 4) is 6.01 Å². The van der Waals surface area contributed by atoms with Gasteiger partial charge in [-0.1, -0.05) is 12.8 Å². The zero-order valence-corrected chi connectivity index (χ0v) is 10.00. The summed E-state index contributed by atoms with van der Waals surface area (Å²) in [5, 5.41) is 3.29. The molecule has 6 heteroatoms. The van der Waals surface area contributed by atoms with Crippen molar-refractivity contribution in [3.05, 3.63) is 5.28 Å². The Kier molecular flexibility index (Phi) is 3.77. The minimum absolute atomic E-state index is 0.160. The van der Waals surface area contributed by atoms with E-state index in [2.05, 4.69) is 20.3 Å². The van der Waals surface area contributed by atoms with Crippen LogP contribution in [0.2, 0.25) is 5.28 Å². The van der Waals surface area contributed by atoms with Gasteiger partial charge >= 0.3 is 6.01 Å². The van der Waals surface area contributed by atoms with Gasteiger partial charge in [-0.15, -0.1) is 0 Å². The van der Waals surface area contributed by atoms with Crippen molar-refractivity contribution < 1.29 is 4.74 Å². The number of aromatic nitrogens is 3. The van der Waals surface area contributed by atoms with E-state index in [-0.39, 0.29) is 11.3 Å². The minimum atomic E-state index is 0.160. The van der Waals surface area contributed by atoms with Crippen LogP contribution in [0, 0.1) is 5.92 Å². The molecule has 0 spiro atoms. The SMILES string of the molecule is CCOc1nc(Cl)nc(NCCC2CC2)n1. The zero-order chi connectivity index (χ0) is 11.4. The number of ether oxygens (including phenoxy) is 1. The molecule has 1 N–H and O–H groups in total. The first-order valence-corrected chi connectivity index (χ1v) is 5.94. The molecule has 0 aromatic carbocycles. The van der Waals surface area contributed by atoms with Crippen LogP contribution in [-0.2, 0) is 0 Å². The first-order chi connectivity index (χ1) is 7.78. The molecule has 0 bridgehead atoms. The van der Waals surface area contributed by atoms with Crippen LogP contribution in [0.25, 0.3) is 0 Å². The highest BCUT2D eigenvalue weighted by Gasteiger charge is 2.20. The minimum Gasteiger partial charge on any atom is -0.464 e. The number of hydrogen-bond donors (Lipinski definition) is 1. The molecule has 1 aliphatic carbocycles. The van der Waals surface area contributed by atoms with Crippen LogP contribution in [0.5, 0.6) is 6.01 Å². The highest BCUT2D eigenvalue weighted by atomic mass is 35.5. The van der Waals surface area contributed by atoms with Gasteiger partial charge in [0, 0.05) is 6.54 Å². The third-order valence-corrected chi connectivity index (χ3v) is 2.56. The second-order valence-corrected chi connectivity index (χ2v) is 4.14. The van der Waals surface area contributed by atoms with Gasteiger partial charge in [-0.05, 0) is 30.9 Å². The predicted molar refractivity (Wildman–Crippen MR) is 61.8 cm³/mol. The third kappa shape index (κ3) is 3.48. The summed E-state index contributed by atoms with van der Waals surface area (Å²) in [4.78, 5) is 11.9. The average molecular weight is 243 g/mol. The summed E-state index contributed by atoms with van der Waals surface area (Å²) in [7, 11) is 0. The lowest BCUT2D eigenvalue weighted by Crippen LogP contribution is -2.08. The maximum Gasteiger partial charge on any atom is 0.322 e. The van der Waals surface area contributed by atoms with E-state index in [0.717, 1.165) is 18.9 Å². The second kappa shape index (κ2) is 5.30. The summed E-state index contributed by atoms with van der Waals surface area (Å²) in [6.45, 7) is 3.26. The van der Waals surface area contributed by atoms with E-state index in [1.165, 1.54) is 12.8 Å². The Labute approximate surface area is 99.6 Å². The van der Waals surface area contributed by atoms with E-state index in [9.17, 15) is 0 Å². The van der Waals surface area contributed by atoms with Gasteiger partial charge in [-0.2, -0.15) is 15.0 Å². The topological polar surface area (TPSA) is 59.9 Å². The highest BCUT2D eigenvalue weighted by molar-refractivity contribution is 6.28. The van der Waals surface area contributed by atoms with Gasteiger partial charge in [0.1, 0.15) is 0 Å². The van der Waals surface area contributed by atoms with Crippen LogP contribution < -0.4 is 10.1 Å². The van der Waals surface area contributed by atoms with E-state index in [1.807, 2.05) is 6.92 Å². The van der Waals surface area contributed by atoms with E-state index >= 15 is 0 Å². The quantitative estimate of drug-likeness (QED) is 0.828. The summed E-state index contributed by atoms with van der Waals surface area (Å²) in [5.41, 5.74) is 0. The molecule has 0 unspecified atom stereocenters. The first kappa shape index (κ1) is 11.4. The number of nitrogens with zero attached hydrogens (tertiary/aromatic N) is 3. The molecule has 88 valence electrons. The van der Waals surface area contributed by atoms with E-state index in [4.69, 9.17) is 16.3 Å². The number of halogens is 1. The fourth-order valence-corrected chi connectivity index (χ4v) is 1.55. The van der Waals surface area contributed by atoms with E-state index in [1.54, 1.807) is 0 Å². The molecule has 2 rings (SSSR count). The molecular formula is C10H15ClN4O. The van der Waals surface area contributed by atoms with E-state index < -0.39 is 0 Å². The molecule has 16 heavy (non-hydrogen) atoms. The van der Waals surface area contributed by atoms with Gasteiger partial charge in [0.05, 0.1) is 6.61 Å². The van der Waals surface area contributed by atoms with Crippen molar-refractivity contribution in [1.29, 1.82) is 0 Å². The molecule has 1 aliphatic rings. The molecule has 1 heterocycles. The Bertz CT molecular complexity index is 357. The van der Waals surface area contributed by atoms with Crippen LogP contribution in [0.4, 0.5) is 5.95 Å². The summed E-state index contributed by atoms with van der Waals surface area (Å²) in [6.07, 6.45) is 3.86. The number of nitrogens with one attached hydrogen (secondary N) is 1. The van der Waals surface area contributed by atoms with Crippen molar-refractivity contribution in [3.63, 3.8) is 0 Å². The van der Waals surface area contributed by atoms with Gasteiger partial charge in [0.25, 0.3) is 0 Å².